The van der Waals surface area contributed by atoms with Gasteiger partial charge in [-0.2, -0.15) is 4.98 Å². The highest BCUT2D eigenvalue weighted by atomic mass is 32.1. The van der Waals surface area contributed by atoms with E-state index in [4.69, 9.17) is 4.52 Å². The Morgan fingerprint density at radius 2 is 2.35 bits per heavy atom. The molecule has 0 aliphatic carbocycles. The highest BCUT2D eigenvalue weighted by Crippen LogP contribution is 2.31. The van der Waals surface area contributed by atoms with Crippen molar-refractivity contribution in [1.82, 2.24) is 25.2 Å². The van der Waals surface area contributed by atoms with E-state index in [1.54, 1.807) is 6.92 Å². The number of nitrogens with zero attached hydrogens (tertiary/aromatic N) is 5. The molecule has 0 saturated carbocycles. The van der Waals surface area contributed by atoms with Crippen molar-refractivity contribution in [1.29, 1.82) is 0 Å². The van der Waals surface area contributed by atoms with Crippen LogP contribution in [-0.4, -0.2) is 49.5 Å². The zero-order valence-electron chi connectivity index (χ0n) is 12.9. The second kappa shape index (κ2) is 6.20. The third kappa shape index (κ3) is 3.32. The summed E-state index contributed by atoms with van der Waals surface area (Å²) in [5, 5.41) is 26.3. The number of anilines is 1. The quantitative estimate of drug-likeness (QED) is 0.863. The Balaban J connectivity index is 1.62. The number of carbonyl (C=O) groups excluding carboxylic acids is 1. The molecule has 2 N–H and O–H groups in total. The molecule has 2 aromatic rings. The van der Waals surface area contributed by atoms with Gasteiger partial charge in [0.2, 0.25) is 5.13 Å². The molecule has 9 nitrogen and oxygen atoms in total. The van der Waals surface area contributed by atoms with E-state index in [-0.39, 0.29) is 18.5 Å². The zero-order valence-corrected chi connectivity index (χ0v) is 13.8. The number of aliphatic hydroxyl groups is 1. The minimum atomic E-state index is -1.30. The third-order valence-electron chi connectivity index (χ3n) is 3.61. The fourth-order valence-electron chi connectivity index (χ4n) is 2.42. The smallest absolute Gasteiger partial charge is 0.323 e. The van der Waals surface area contributed by atoms with E-state index in [0.29, 0.717) is 23.9 Å². The maximum Gasteiger partial charge on any atom is 0.323 e. The lowest BCUT2D eigenvalue weighted by atomic mass is 10.0. The molecule has 2 aromatic heterocycles. The molecule has 1 fully saturated rings. The molecule has 3 heterocycles. The summed E-state index contributed by atoms with van der Waals surface area (Å²) in [4.78, 5) is 17.8. The highest BCUT2D eigenvalue weighted by Gasteiger charge is 2.44. The average Bonchev–Trinajstić information content (AvgIpc) is 3.21. The van der Waals surface area contributed by atoms with Crippen molar-refractivity contribution in [2.45, 2.75) is 38.7 Å². The van der Waals surface area contributed by atoms with Crippen LogP contribution in [0.25, 0.3) is 0 Å². The van der Waals surface area contributed by atoms with Crippen LogP contribution in [0.1, 0.15) is 36.5 Å². The number of carbonyl (C=O) groups is 1. The summed E-state index contributed by atoms with van der Waals surface area (Å²) >= 11 is 1.36. The van der Waals surface area contributed by atoms with Gasteiger partial charge in [0.1, 0.15) is 5.01 Å². The minimum absolute atomic E-state index is 0.0983. The Hall–Kier alpha value is -2.07. The number of rotatable bonds is 4. The van der Waals surface area contributed by atoms with Crippen molar-refractivity contribution in [3.05, 3.63) is 16.7 Å². The first-order chi connectivity index (χ1) is 11.0. The Kier molecular flexibility index (Phi) is 4.26. The van der Waals surface area contributed by atoms with Crippen LogP contribution in [0.2, 0.25) is 0 Å². The topological polar surface area (TPSA) is 117 Å². The van der Waals surface area contributed by atoms with E-state index in [1.165, 1.54) is 16.2 Å². The number of amides is 2. The van der Waals surface area contributed by atoms with Crippen LogP contribution in [0.4, 0.5) is 9.93 Å². The van der Waals surface area contributed by atoms with Crippen LogP contribution < -0.4 is 5.32 Å². The SMILES string of the molecule is CCCc1nnc(NC(=O)N2CCC(O)(c3nc(C)no3)C2)s1. The standard InChI is InChI=1S/C13H18N6O3S/c1-3-4-9-16-17-11(23-9)15-12(20)19-6-5-13(21,7-19)10-14-8(2)18-22-10/h21H,3-7H2,1-2H3,(H,15,17,20). The summed E-state index contributed by atoms with van der Waals surface area (Å²) in [7, 11) is 0. The van der Waals surface area contributed by atoms with Crippen molar-refractivity contribution in [3.8, 4) is 0 Å². The summed E-state index contributed by atoms with van der Waals surface area (Å²) in [6.45, 7) is 4.23. The van der Waals surface area contributed by atoms with Gasteiger partial charge in [-0.15, -0.1) is 10.2 Å². The second-order valence-electron chi connectivity index (χ2n) is 5.53. The maximum absolute atomic E-state index is 12.3. The van der Waals surface area contributed by atoms with E-state index in [0.717, 1.165) is 17.8 Å². The van der Waals surface area contributed by atoms with Crippen molar-refractivity contribution < 1.29 is 14.4 Å². The molecule has 1 aliphatic rings. The van der Waals surface area contributed by atoms with Crippen LogP contribution >= 0.6 is 11.3 Å². The lowest BCUT2D eigenvalue weighted by Gasteiger charge is -2.19. The van der Waals surface area contributed by atoms with Crippen molar-refractivity contribution in [3.63, 3.8) is 0 Å². The van der Waals surface area contributed by atoms with Crippen LogP contribution in [-0.2, 0) is 12.0 Å². The number of β-amino-alcohol motifs (C(OH)–C–C–N with tert-alkyl or cyclic N) is 1. The van der Waals surface area contributed by atoms with Gasteiger partial charge in [0, 0.05) is 19.4 Å². The number of likely N-dealkylation sites (tertiary alicyclic amines) is 1. The molecule has 1 saturated heterocycles. The lowest BCUT2D eigenvalue weighted by Crippen LogP contribution is -2.37. The number of aryl methyl sites for hydroxylation is 2. The molecule has 124 valence electrons. The fourth-order valence-corrected chi connectivity index (χ4v) is 3.25. The number of hydrogen-bond donors (Lipinski definition) is 2. The van der Waals surface area contributed by atoms with Crippen LogP contribution in [0.5, 0.6) is 0 Å². The van der Waals surface area contributed by atoms with Crippen LogP contribution in [0.15, 0.2) is 4.52 Å². The molecule has 2 amide bonds. The Morgan fingerprint density at radius 1 is 1.52 bits per heavy atom. The first kappa shape index (κ1) is 15.8. The molecule has 0 bridgehead atoms. The molecular formula is C13H18N6O3S. The summed E-state index contributed by atoms with van der Waals surface area (Å²) < 4.78 is 5.04. The maximum atomic E-state index is 12.3. The zero-order chi connectivity index (χ0) is 16.4. The minimum Gasteiger partial charge on any atom is -0.378 e. The van der Waals surface area contributed by atoms with Gasteiger partial charge in [-0.25, -0.2) is 4.79 Å². The van der Waals surface area contributed by atoms with Crippen molar-refractivity contribution >= 4 is 22.5 Å². The molecule has 0 spiro atoms. The molecular weight excluding hydrogens is 320 g/mol. The monoisotopic (exact) mass is 338 g/mol. The molecule has 23 heavy (non-hydrogen) atoms. The Labute approximate surface area is 136 Å². The summed E-state index contributed by atoms with van der Waals surface area (Å²) in [6, 6.07) is -0.323. The normalized spacial score (nSPS) is 20.9. The predicted molar refractivity (Wildman–Crippen MR) is 82.0 cm³/mol. The largest absolute Gasteiger partial charge is 0.378 e. The van der Waals surface area contributed by atoms with Gasteiger partial charge in [0.05, 0.1) is 6.54 Å². The summed E-state index contributed by atoms with van der Waals surface area (Å²) in [5.74, 6) is 0.597. The molecule has 3 rings (SSSR count). The van der Waals surface area contributed by atoms with E-state index in [1.807, 2.05) is 0 Å². The molecule has 1 aliphatic heterocycles. The molecule has 0 radical (unpaired) electrons. The Morgan fingerprint density at radius 3 is 3.04 bits per heavy atom. The molecule has 10 heteroatoms. The number of hydrogen-bond acceptors (Lipinski definition) is 8. The molecule has 1 unspecified atom stereocenters. The fraction of sp³-hybridized carbons (Fsp3) is 0.615. The van der Waals surface area contributed by atoms with E-state index >= 15 is 0 Å². The van der Waals surface area contributed by atoms with Gasteiger partial charge in [-0.1, -0.05) is 23.4 Å². The first-order valence-corrected chi connectivity index (χ1v) is 8.23. The molecule has 1 atom stereocenters. The van der Waals surface area contributed by atoms with E-state index in [9.17, 15) is 9.90 Å². The lowest BCUT2D eigenvalue weighted by molar-refractivity contribution is 0.0171. The molecule has 0 aromatic carbocycles. The summed E-state index contributed by atoms with van der Waals surface area (Å²) in [6.07, 6.45) is 2.16. The van der Waals surface area contributed by atoms with Crippen LogP contribution in [0, 0.1) is 6.92 Å². The second-order valence-corrected chi connectivity index (χ2v) is 6.59. The van der Waals surface area contributed by atoms with E-state index < -0.39 is 5.60 Å². The highest BCUT2D eigenvalue weighted by molar-refractivity contribution is 7.15. The Bertz CT molecular complexity index is 701. The average molecular weight is 338 g/mol. The van der Waals surface area contributed by atoms with Gasteiger partial charge in [0.15, 0.2) is 11.4 Å². The first-order valence-electron chi connectivity index (χ1n) is 7.41. The van der Waals surface area contributed by atoms with E-state index in [2.05, 4.69) is 32.6 Å². The van der Waals surface area contributed by atoms with Crippen LogP contribution in [0.3, 0.4) is 0 Å². The van der Waals surface area contributed by atoms with Gasteiger partial charge in [-0.05, 0) is 13.3 Å². The predicted octanol–water partition coefficient (Wildman–Crippen LogP) is 1.31. The van der Waals surface area contributed by atoms with Gasteiger partial charge in [0.25, 0.3) is 5.89 Å². The number of urea groups is 1. The van der Waals surface area contributed by atoms with Gasteiger partial charge >= 0.3 is 6.03 Å². The van der Waals surface area contributed by atoms with Crippen molar-refractivity contribution in [2.24, 2.45) is 0 Å². The van der Waals surface area contributed by atoms with Gasteiger partial charge in [-0.3, -0.25) is 5.32 Å². The third-order valence-corrected chi connectivity index (χ3v) is 4.50. The number of nitrogens with one attached hydrogen (secondary N) is 1. The number of aromatic nitrogens is 4. The van der Waals surface area contributed by atoms with Crippen molar-refractivity contribution in [2.75, 3.05) is 18.4 Å². The summed E-state index contributed by atoms with van der Waals surface area (Å²) in [5.41, 5.74) is -1.30. The van der Waals surface area contributed by atoms with Gasteiger partial charge < -0.3 is 14.5 Å².